The van der Waals surface area contributed by atoms with Crippen molar-refractivity contribution < 1.29 is 9.53 Å². The van der Waals surface area contributed by atoms with Gasteiger partial charge in [0.25, 0.3) is 0 Å². The molecule has 1 amide bonds. The molecule has 0 saturated carbocycles. The van der Waals surface area contributed by atoms with Crippen LogP contribution in [0.25, 0.3) is 10.2 Å². The molecule has 1 aromatic heterocycles. The van der Waals surface area contributed by atoms with E-state index < -0.39 is 0 Å². The summed E-state index contributed by atoms with van der Waals surface area (Å²) < 4.78 is 6.52. The van der Waals surface area contributed by atoms with Crippen LogP contribution in [0.4, 0.5) is 5.13 Å². The maximum Gasteiger partial charge on any atom is 0.229 e. The second-order valence-electron chi connectivity index (χ2n) is 5.83. The number of amides is 1. The van der Waals surface area contributed by atoms with Gasteiger partial charge in [0.1, 0.15) is 5.75 Å². The lowest BCUT2D eigenvalue weighted by atomic mass is 9.96. The molecule has 5 nitrogen and oxygen atoms in total. The Bertz CT molecular complexity index is 757. The first kappa shape index (κ1) is 16.7. The topological polar surface area (TPSA) is 54.5 Å². The van der Waals surface area contributed by atoms with Crippen LogP contribution >= 0.6 is 11.3 Å². The normalized spacial score (nSPS) is 16.0. The van der Waals surface area contributed by atoms with Crippen LogP contribution in [0, 0.1) is 18.3 Å². The molecule has 2 aromatic rings. The number of ether oxygens (including phenoxy) is 1. The molecule has 3 rings (SSSR count). The van der Waals surface area contributed by atoms with E-state index in [2.05, 4.69) is 21.1 Å². The second kappa shape index (κ2) is 7.65. The van der Waals surface area contributed by atoms with Crippen LogP contribution in [-0.4, -0.2) is 42.0 Å². The third-order valence-electron chi connectivity index (χ3n) is 4.17. The standard InChI is InChI=1S/C18H21N3O2S/c1-3-9-21-10-7-13(8-11-21)17(22)20-18-19-15-6-5-14(23-4-2)12-16(15)24-18/h1,5-6,12-13H,4,7-11H2,2H3,(H,19,20,22). The summed E-state index contributed by atoms with van der Waals surface area (Å²) in [6.45, 7) is 5.00. The van der Waals surface area contributed by atoms with E-state index in [1.807, 2.05) is 25.1 Å². The lowest BCUT2D eigenvalue weighted by Crippen LogP contribution is -2.38. The quantitative estimate of drug-likeness (QED) is 0.848. The number of carbonyl (C=O) groups is 1. The van der Waals surface area contributed by atoms with Crippen molar-refractivity contribution in [3.05, 3.63) is 18.2 Å². The monoisotopic (exact) mass is 343 g/mol. The number of piperidine rings is 1. The number of hydrogen-bond acceptors (Lipinski definition) is 5. The van der Waals surface area contributed by atoms with Gasteiger partial charge in [-0.05, 0) is 51.1 Å². The largest absolute Gasteiger partial charge is 0.494 e. The SMILES string of the molecule is C#CCN1CCC(C(=O)Nc2nc3ccc(OCC)cc3s2)CC1. The van der Waals surface area contributed by atoms with Crippen molar-refractivity contribution in [2.24, 2.45) is 5.92 Å². The molecule has 0 bridgehead atoms. The van der Waals surface area contributed by atoms with Crippen LogP contribution in [-0.2, 0) is 4.79 Å². The number of likely N-dealkylation sites (tertiary alicyclic amines) is 1. The van der Waals surface area contributed by atoms with Crippen molar-refractivity contribution in [2.75, 3.05) is 31.6 Å². The Morgan fingerprint density at radius 2 is 2.29 bits per heavy atom. The van der Waals surface area contributed by atoms with Gasteiger partial charge in [-0.3, -0.25) is 9.69 Å². The lowest BCUT2D eigenvalue weighted by Gasteiger charge is -2.29. The molecule has 0 atom stereocenters. The van der Waals surface area contributed by atoms with Gasteiger partial charge in [0.05, 0.1) is 23.4 Å². The first-order valence-electron chi connectivity index (χ1n) is 8.19. The van der Waals surface area contributed by atoms with Crippen LogP contribution in [0.3, 0.4) is 0 Å². The lowest BCUT2D eigenvalue weighted by molar-refractivity contribution is -0.121. The zero-order valence-corrected chi connectivity index (χ0v) is 14.6. The van der Waals surface area contributed by atoms with E-state index in [-0.39, 0.29) is 11.8 Å². The predicted molar refractivity (Wildman–Crippen MR) is 97.4 cm³/mol. The number of thiazole rings is 1. The number of nitrogens with one attached hydrogen (secondary N) is 1. The Morgan fingerprint density at radius 3 is 3.00 bits per heavy atom. The molecule has 1 aliphatic heterocycles. The average Bonchev–Trinajstić information content (AvgIpc) is 2.97. The number of nitrogens with zero attached hydrogens (tertiary/aromatic N) is 2. The Labute approximate surface area is 146 Å². The zero-order chi connectivity index (χ0) is 16.9. The molecule has 1 saturated heterocycles. The van der Waals surface area contributed by atoms with Gasteiger partial charge in [0.15, 0.2) is 5.13 Å². The molecule has 0 unspecified atom stereocenters. The van der Waals surface area contributed by atoms with Gasteiger partial charge in [-0.1, -0.05) is 17.3 Å². The van der Waals surface area contributed by atoms with Gasteiger partial charge >= 0.3 is 0 Å². The minimum atomic E-state index is 0.0324. The van der Waals surface area contributed by atoms with E-state index >= 15 is 0 Å². The van der Waals surface area contributed by atoms with Crippen molar-refractivity contribution in [1.82, 2.24) is 9.88 Å². The van der Waals surface area contributed by atoms with E-state index in [1.54, 1.807) is 0 Å². The van der Waals surface area contributed by atoms with E-state index in [0.29, 0.717) is 18.3 Å². The van der Waals surface area contributed by atoms with Gasteiger partial charge in [-0.15, -0.1) is 6.42 Å². The molecule has 1 N–H and O–H groups in total. The smallest absolute Gasteiger partial charge is 0.229 e. The fourth-order valence-corrected chi connectivity index (χ4v) is 3.80. The summed E-state index contributed by atoms with van der Waals surface area (Å²) in [5, 5.41) is 3.62. The number of aromatic nitrogens is 1. The summed E-state index contributed by atoms with van der Waals surface area (Å²) in [5.74, 6) is 3.57. The Morgan fingerprint density at radius 1 is 1.50 bits per heavy atom. The zero-order valence-electron chi connectivity index (χ0n) is 13.7. The van der Waals surface area contributed by atoms with Crippen LogP contribution in [0.5, 0.6) is 5.75 Å². The summed E-state index contributed by atoms with van der Waals surface area (Å²) >= 11 is 1.48. The highest BCUT2D eigenvalue weighted by atomic mass is 32.1. The number of hydrogen-bond donors (Lipinski definition) is 1. The Kier molecular flexibility index (Phi) is 5.34. The van der Waals surface area contributed by atoms with Crippen LogP contribution in [0.15, 0.2) is 18.2 Å². The van der Waals surface area contributed by atoms with E-state index in [4.69, 9.17) is 11.2 Å². The molecule has 2 heterocycles. The van der Waals surface area contributed by atoms with Gasteiger partial charge in [-0.2, -0.15) is 0 Å². The summed E-state index contributed by atoms with van der Waals surface area (Å²) in [5.41, 5.74) is 0.877. The fraction of sp³-hybridized carbons (Fsp3) is 0.444. The van der Waals surface area contributed by atoms with Crippen molar-refractivity contribution in [3.63, 3.8) is 0 Å². The minimum absolute atomic E-state index is 0.0324. The van der Waals surface area contributed by atoms with Crippen molar-refractivity contribution in [3.8, 4) is 18.1 Å². The molecular formula is C18H21N3O2S. The summed E-state index contributed by atoms with van der Waals surface area (Å²) in [4.78, 5) is 19.1. The van der Waals surface area contributed by atoms with Crippen LogP contribution < -0.4 is 10.1 Å². The maximum atomic E-state index is 12.5. The third kappa shape index (κ3) is 3.86. The van der Waals surface area contributed by atoms with Crippen LogP contribution in [0.1, 0.15) is 19.8 Å². The molecule has 0 radical (unpaired) electrons. The molecule has 1 fully saturated rings. The molecular weight excluding hydrogens is 322 g/mol. The van der Waals surface area contributed by atoms with Gasteiger partial charge in [-0.25, -0.2) is 4.98 Å². The van der Waals surface area contributed by atoms with Crippen molar-refractivity contribution in [1.29, 1.82) is 0 Å². The second-order valence-corrected chi connectivity index (χ2v) is 6.86. The van der Waals surface area contributed by atoms with E-state index in [9.17, 15) is 4.79 Å². The number of rotatable bonds is 5. The van der Waals surface area contributed by atoms with Gasteiger partial charge in [0, 0.05) is 5.92 Å². The van der Waals surface area contributed by atoms with Crippen molar-refractivity contribution >= 4 is 32.6 Å². The number of terminal acetylenes is 1. The molecule has 126 valence electrons. The molecule has 0 aliphatic carbocycles. The minimum Gasteiger partial charge on any atom is -0.494 e. The summed E-state index contributed by atoms with van der Waals surface area (Å²) in [6, 6.07) is 5.79. The van der Waals surface area contributed by atoms with Gasteiger partial charge < -0.3 is 10.1 Å². The third-order valence-corrected chi connectivity index (χ3v) is 5.11. The highest BCUT2D eigenvalue weighted by Crippen LogP contribution is 2.30. The number of fused-ring (bicyclic) bond motifs is 1. The predicted octanol–water partition coefficient (Wildman–Crippen LogP) is 2.98. The molecule has 0 spiro atoms. The number of benzene rings is 1. The molecule has 24 heavy (non-hydrogen) atoms. The highest BCUT2D eigenvalue weighted by molar-refractivity contribution is 7.22. The Hall–Kier alpha value is -2.10. The maximum absolute atomic E-state index is 12.5. The highest BCUT2D eigenvalue weighted by Gasteiger charge is 2.25. The molecule has 1 aliphatic rings. The van der Waals surface area contributed by atoms with Crippen molar-refractivity contribution in [2.45, 2.75) is 19.8 Å². The van der Waals surface area contributed by atoms with E-state index in [1.165, 1.54) is 11.3 Å². The molecule has 1 aromatic carbocycles. The van der Waals surface area contributed by atoms with Gasteiger partial charge in [0.2, 0.25) is 5.91 Å². The number of anilines is 1. The first-order valence-corrected chi connectivity index (χ1v) is 9.01. The Balaban J connectivity index is 1.62. The summed E-state index contributed by atoms with van der Waals surface area (Å²) in [6.07, 6.45) is 7.02. The number of carbonyl (C=O) groups excluding carboxylic acids is 1. The van der Waals surface area contributed by atoms with E-state index in [0.717, 1.165) is 41.9 Å². The average molecular weight is 343 g/mol. The van der Waals surface area contributed by atoms with Crippen LogP contribution in [0.2, 0.25) is 0 Å². The fourth-order valence-electron chi connectivity index (χ4n) is 2.90. The summed E-state index contributed by atoms with van der Waals surface area (Å²) in [7, 11) is 0. The molecule has 6 heteroatoms. The first-order chi connectivity index (χ1) is 11.7.